The number of nitrogens with one attached hydrogen (secondary N) is 1. The quantitative estimate of drug-likeness (QED) is 0.499. The smallest absolute Gasteiger partial charge is 0.100 e. The normalized spacial score (nSPS) is 20.0. The Kier molecular flexibility index (Phi) is 3.42. The van der Waals surface area contributed by atoms with Gasteiger partial charge in [-0.2, -0.15) is 0 Å². The van der Waals surface area contributed by atoms with E-state index >= 15 is 0 Å². The average molecular weight is 176 g/mol. The molecule has 0 aliphatic carbocycles. The lowest BCUT2D eigenvalue weighted by molar-refractivity contribution is 0.852. The Labute approximate surface area is 70.7 Å². The molecule has 0 amide bonds. The summed E-state index contributed by atoms with van der Waals surface area (Å²) in [6.45, 7) is 4.12. The van der Waals surface area contributed by atoms with Crippen LogP contribution in [0, 0.1) is 5.92 Å². The van der Waals surface area contributed by atoms with Crippen LogP contribution in [0.15, 0.2) is 4.99 Å². The predicted octanol–water partition coefficient (Wildman–Crippen LogP) is 1.20. The molecule has 1 unspecified atom stereocenters. The number of nitrogens with zero attached hydrogens (tertiary/aromatic N) is 1. The van der Waals surface area contributed by atoms with Crippen molar-refractivity contribution in [2.24, 2.45) is 10.9 Å². The largest absolute Gasteiger partial charge is 0.372 e. The van der Waals surface area contributed by atoms with Gasteiger partial charge in [-0.25, -0.2) is 0 Å². The van der Waals surface area contributed by atoms with Gasteiger partial charge in [0.05, 0.1) is 6.54 Å². The van der Waals surface area contributed by atoms with E-state index in [4.69, 9.17) is 0 Å². The highest BCUT2D eigenvalue weighted by Crippen LogP contribution is 2.12. The number of thiol groups is 1. The van der Waals surface area contributed by atoms with E-state index in [0.717, 1.165) is 24.7 Å². The summed E-state index contributed by atoms with van der Waals surface area (Å²) in [5.74, 6) is 2.72. The van der Waals surface area contributed by atoms with Crippen molar-refractivity contribution in [3.05, 3.63) is 0 Å². The zero-order chi connectivity index (χ0) is 7.40. The van der Waals surface area contributed by atoms with Crippen LogP contribution in [-0.2, 0) is 0 Å². The molecule has 4 heteroatoms. The van der Waals surface area contributed by atoms with Gasteiger partial charge in [0.15, 0.2) is 0 Å². The molecule has 1 aliphatic rings. The second-order valence-corrected chi connectivity index (χ2v) is 3.76. The minimum Gasteiger partial charge on any atom is -0.372 e. The number of rotatable bonds is 3. The number of hydrogen-bond donors (Lipinski definition) is 2. The van der Waals surface area contributed by atoms with Gasteiger partial charge in [0.1, 0.15) is 5.84 Å². The first-order valence-corrected chi connectivity index (χ1v) is 5.43. The van der Waals surface area contributed by atoms with E-state index in [1.807, 2.05) is 0 Å². The minimum absolute atomic E-state index is 0.532. The lowest BCUT2D eigenvalue weighted by atomic mass is 10.2. The Bertz CT molecular complexity index is 136. The molecule has 1 aliphatic heterocycles. The van der Waals surface area contributed by atoms with Crippen LogP contribution in [0.25, 0.3) is 0 Å². The first kappa shape index (κ1) is 8.27. The highest BCUT2D eigenvalue weighted by atomic mass is 33.1. The van der Waals surface area contributed by atoms with E-state index in [2.05, 4.69) is 28.9 Å². The average Bonchev–Trinajstić information content (AvgIpc) is 2.38. The van der Waals surface area contributed by atoms with Crippen molar-refractivity contribution in [3.8, 4) is 0 Å². The van der Waals surface area contributed by atoms with Gasteiger partial charge in [-0.3, -0.25) is 4.99 Å². The van der Waals surface area contributed by atoms with Gasteiger partial charge in [-0.1, -0.05) is 17.7 Å². The molecule has 0 saturated carbocycles. The third-order valence-electron chi connectivity index (χ3n) is 1.49. The van der Waals surface area contributed by atoms with Crippen molar-refractivity contribution in [2.75, 3.05) is 18.8 Å². The molecular formula is C6H12N2S2. The third-order valence-corrected chi connectivity index (χ3v) is 2.59. The van der Waals surface area contributed by atoms with Crippen LogP contribution in [0.2, 0.25) is 0 Å². The lowest BCUT2D eigenvalue weighted by Gasteiger charge is -2.08. The van der Waals surface area contributed by atoms with Crippen molar-refractivity contribution in [1.82, 2.24) is 5.32 Å². The topological polar surface area (TPSA) is 24.4 Å². The van der Waals surface area contributed by atoms with Crippen molar-refractivity contribution in [2.45, 2.75) is 6.92 Å². The van der Waals surface area contributed by atoms with Gasteiger partial charge in [-0.05, 0) is 0 Å². The maximum atomic E-state index is 4.31. The van der Waals surface area contributed by atoms with Crippen LogP contribution < -0.4 is 5.32 Å². The lowest BCUT2D eigenvalue weighted by Crippen LogP contribution is -2.26. The van der Waals surface area contributed by atoms with Gasteiger partial charge < -0.3 is 5.32 Å². The van der Waals surface area contributed by atoms with Crippen LogP contribution in [0.3, 0.4) is 0 Å². The zero-order valence-electron chi connectivity index (χ0n) is 6.00. The third kappa shape index (κ3) is 2.09. The van der Waals surface area contributed by atoms with E-state index in [1.165, 1.54) is 0 Å². The molecule has 10 heavy (non-hydrogen) atoms. The van der Waals surface area contributed by atoms with E-state index in [-0.39, 0.29) is 0 Å². The van der Waals surface area contributed by atoms with E-state index < -0.39 is 0 Å². The molecule has 2 nitrogen and oxygen atoms in total. The molecule has 0 bridgehead atoms. The SMILES string of the molecule is CC(CSS)C1=NCCN1. The maximum absolute atomic E-state index is 4.31. The molecular weight excluding hydrogens is 164 g/mol. The molecule has 1 N–H and O–H groups in total. The molecule has 0 saturated heterocycles. The molecule has 0 fully saturated rings. The summed E-state index contributed by atoms with van der Waals surface area (Å²) in [7, 11) is 1.57. The minimum atomic E-state index is 0.532. The van der Waals surface area contributed by atoms with Gasteiger partial charge in [-0.15, -0.1) is 11.7 Å². The molecule has 0 aromatic rings. The number of amidine groups is 1. The van der Waals surface area contributed by atoms with Crippen LogP contribution in [0.4, 0.5) is 0 Å². The predicted molar refractivity (Wildman–Crippen MR) is 50.9 cm³/mol. The molecule has 1 heterocycles. The van der Waals surface area contributed by atoms with Crippen molar-refractivity contribution < 1.29 is 0 Å². The highest BCUT2D eigenvalue weighted by molar-refractivity contribution is 8.68. The summed E-state index contributed by atoms with van der Waals surface area (Å²) in [4.78, 5) is 4.31. The Morgan fingerprint density at radius 2 is 2.70 bits per heavy atom. The highest BCUT2D eigenvalue weighted by Gasteiger charge is 2.12. The van der Waals surface area contributed by atoms with E-state index in [9.17, 15) is 0 Å². The van der Waals surface area contributed by atoms with Crippen LogP contribution in [0.5, 0.6) is 0 Å². The van der Waals surface area contributed by atoms with E-state index in [1.54, 1.807) is 10.8 Å². The fourth-order valence-corrected chi connectivity index (χ4v) is 1.99. The van der Waals surface area contributed by atoms with Crippen LogP contribution in [0.1, 0.15) is 6.92 Å². The first-order valence-electron chi connectivity index (χ1n) is 3.39. The molecule has 1 rings (SSSR count). The van der Waals surface area contributed by atoms with Crippen LogP contribution in [-0.4, -0.2) is 24.7 Å². The first-order chi connectivity index (χ1) is 4.84. The summed E-state index contributed by atoms with van der Waals surface area (Å²) in [6.07, 6.45) is 0. The monoisotopic (exact) mass is 176 g/mol. The standard InChI is InChI=1S/C6H12N2S2/c1-5(4-10-9)6-7-2-3-8-6/h5,9H,2-4H2,1H3,(H,7,8). The summed E-state index contributed by atoms with van der Waals surface area (Å²) in [5.41, 5.74) is 0. The van der Waals surface area contributed by atoms with Gasteiger partial charge in [0.2, 0.25) is 0 Å². The second kappa shape index (κ2) is 4.13. The molecule has 0 aromatic heterocycles. The van der Waals surface area contributed by atoms with Gasteiger partial charge in [0.25, 0.3) is 0 Å². The fourth-order valence-electron chi connectivity index (χ4n) is 0.937. The zero-order valence-corrected chi connectivity index (χ0v) is 7.71. The Morgan fingerprint density at radius 3 is 3.20 bits per heavy atom. The Balaban J connectivity index is 2.32. The second-order valence-electron chi connectivity index (χ2n) is 2.39. The molecule has 58 valence electrons. The molecule has 0 aromatic carbocycles. The van der Waals surface area contributed by atoms with Crippen molar-refractivity contribution in [3.63, 3.8) is 0 Å². The van der Waals surface area contributed by atoms with Gasteiger partial charge in [0, 0.05) is 18.2 Å². The van der Waals surface area contributed by atoms with Crippen LogP contribution >= 0.6 is 22.5 Å². The molecule has 0 spiro atoms. The van der Waals surface area contributed by atoms with E-state index in [0.29, 0.717) is 5.92 Å². The van der Waals surface area contributed by atoms with Crippen molar-refractivity contribution >= 4 is 28.3 Å². The molecule has 1 atom stereocenters. The summed E-state index contributed by atoms with van der Waals surface area (Å²) >= 11 is 4.09. The fraction of sp³-hybridized carbons (Fsp3) is 0.833. The number of aliphatic imine (C=N–C) groups is 1. The Morgan fingerprint density at radius 1 is 1.90 bits per heavy atom. The molecule has 0 radical (unpaired) electrons. The Hall–Kier alpha value is 0.170. The van der Waals surface area contributed by atoms with Crippen molar-refractivity contribution in [1.29, 1.82) is 0 Å². The number of hydrogen-bond acceptors (Lipinski definition) is 4. The summed E-state index contributed by atoms with van der Waals surface area (Å²) in [5, 5.41) is 3.24. The van der Waals surface area contributed by atoms with Gasteiger partial charge >= 0.3 is 0 Å². The summed E-state index contributed by atoms with van der Waals surface area (Å²) < 4.78 is 0. The summed E-state index contributed by atoms with van der Waals surface area (Å²) in [6, 6.07) is 0. The maximum Gasteiger partial charge on any atom is 0.100 e.